The van der Waals surface area contributed by atoms with Gasteiger partial charge in [0.2, 0.25) is 0 Å². The molecule has 0 bridgehead atoms. The predicted octanol–water partition coefficient (Wildman–Crippen LogP) is 4.89. The lowest BCUT2D eigenvalue weighted by atomic mass is 10.1. The van der Waals surface area contributed by atoms with Gasteiger partial charge in [-0.3, -0.25) is 4.90 Å². The van der Waals surface area contributed by atoms with E-state index in [1.54, 1.807) is 22.7 Å². The van der Waals surface area contributed by atoms with E-state index in [2.05, 4.69) is 68.8 Å². The fourth-order valence-electron chi connectivity index (χ4n) is 4.92. The molecule has 2 aliphatic heterocycles. The third-order valence-electron chi connectivity index (χ3n) is 6.75. The van der Waals surface area contributed by atoms with E-state index < -0.39 is 0 Å². The molecule has 2 saturated heterocycles. The molecule has 0 radical (unpaired) electrons. The predicted molar refractivity (Wildman–Crippen MR) is 142 cm³/mol. The van der Waals surface area contributed by atoms with Gasteiger partial charge in [0.1, 0.15) is 16.5 Å². The van der Waals surface area contributed by atoms with Crippen LogP contribution in [-0.2, 0) is 11.3 Å². The van der Waals surface area contributed by atoms with Crippen molar-refractivity contribution in [3.05, 3.63) is 58.5 Å². The third-order valence-corrected chi connectivity index (χ3v) is 8.53. The third kappa shape index (κ3) is 4.31. The van der Waals surface area contributed by atoms with E-state index in [-0.39, 0.29) is 0 Å². The number of fused-ring (bicyclic) bond motifs is 1. The minimum absolute atomic E-state index is 0.779. The molecule has 6 nitrogen and oxygen atoms in total. The molecule has 6 rings (SSSR count). The van der Waals surface area contributed by atoms with Crippen molar-refractivity contribution in [2.75, 3.05) is 62.3 Å². The van der Waals surface area contributed by atoms with E-state index in [9.17, 15) is 0 Å². The van der Waals surface area contributed by atoms with Crippen LogP contribution in [0, 0.1) is 6.92 Å². The van der Waals surface area contributed by atoms with Crippen molar-refractivity contribution in [3.63, 3.8) is 0 Å². The average Bonchev–Trinajstić information content (AvgIpc) is 3.55. The van der Waals surface area contributed by atoms with Crippen molar-refractivity contribution in [2.45, 2.75) is 13.5 Å². The molecule has 2 aliphatic rings. The molecule has 0 atom stereocenters. The number of morpholine rings is 1. The highest BCUT2D eigenvalue weighted by Gasteiger charge is 2.25. The van der Waals surface area contributed by atoms with Gasteiger partial charge in [0.15, 0.2) is 0 Å². The van der Waals surface area contributed by atoms with Crippen LogP contribution in [0.1, 0.15) is 11.4 Å². The van der Waals surface area contributed by atoms with E-state index >= 15 is 0 Å². The fraction of sp³-hybridized carbons (Fsp3) is 0.385. The van der Waals surface area contributed by atoms with Gasteiger partial charge in [-0.1, -0.05) is 24.3 Å². The standard InChI is InChI=1S/C26H29N5OS2/c1-19-5-2-3-6-21(19)30-8-10-31(11-9-30)25-24-20(22-7-4-16-33-22)18-34-26(24)28-23(27-25)17-29-12-14-32-15-13-29/h2-7,16,18H,8-15,17H2,1H3. The normalized spacial score (nSPS) is 17.6. The first-order valence-electron chi connectivity index (χ1n) is 11.9. The Morgan fingerprint density at radius 3 is 2.44 bits per heavy atom. The molecule has 1 aromatic carbocycles. The summed E-state index contributed by atoms with van der Waals surface area (Å²) in [6, 6.07) is 13.0. The number of benzene rings is 1. The minimum atomic E-state index is 0.779. The number of thiophene rings is 2. The van der Waals surface area contributed by atoms with Crippen LogP contribution in [0.15, 0.2) is 47.2 Å². The molecule has 4 aromatic rings. The topological polar surface area (TPSA) is 44.7 Å². The second-order valence-corrected chi connectivity index (χ2v) is 10.7. The molecule has 2 fully saturated rings. The number of hydrogen-bond donors (Lipinski definition) is 0. The molecule has 0 N–H and O–H groups in total. The molecule has 8 heteroatoms. The summed E-state index contributed by atoms with van der Waals surface area (Å²) in [5.41, 5.74) is 3.95. The van der Waals surface area contributed by atoms with Gasteiger partial charge in [0, 0.05) is 60.8 Å². The van der Waals surface area contributed by atoms with Gasteiger partial charge >= 0.3 is 0 Å². The van der Waals surface area contributed by atoms with E-state index in [0.717, 1.165) is 75.5 Å². The average molecular weight is 492 g/mol. The Labute approximate surface area is 208 Å². The molecule has 3 aromatic heterocycles. The Bertz CT molecular complexity index is 1260. The Balaban J connectivity index is 1.33. The first kappa shape index (κ1) is 22.0. The van der Waals surface area contributed by atoms with Crippen molar-refractivity contribution in [1.82, 2.24) is 14.9 Å². The molecule has 0 aliphatic carbocycles. The maximum atomic E-state index is 5.53. The maximum absolute atomic E-state index is 5.53. The molecule has 5 heterocycles. The summed E-state index contributed by atoms with van der Waals surface area (Å²) in [5.74, 6) is 2.02. The van der Waals surface area contributed by atoms with Gasteiger partial charge < -0.3 is 14.5 Å². The monoisotopic (exact) mass is 491 g/mol. The quantitative estimate of drug-likeness (QED) is 0.396. The van der Waals surface area contributed by atoms with Crippen LogP contribution in [0.5, 0.6) is 0 Å². The Morgan fingerprint density at radius 2 is 1.68 bits per heavy atom. The minimum Gasteiger partial charge on any atom is -0.379 e. The maximum Gasteiger partial charge on any atom is 0.146 e. The Hall–Kier alpha value is -2.52. The summed E-state index contributed by atoms with van der Waals surface area (Å²) < 4.78 is 5.53. The van der Waals surface area contributed by atoms with Gasteiger partial charge in [0.05, 0.1) is 25.1 Å². The zero-order valence-electron chi connectivity index (χ0n) is 19.4. The number of aromatic nitrogens is 2. The van der Waals surface area contributed by atoms with Crippen molar-refractivity contribution in [3.8, 4) is 10.4 Å². The molecule has 0 unspecified atom stereocenters. The number of hydrogen-bond acceptors (Lipinski definition) is 8. The number of aryl methyl sites for hydroxylation is 1. The number of para-hydroxylation sites is 1. The number of piperazine rings is 1. The Morgan fingerprint density at radius 1 is 0.882 bits per heavy atom. The van der Waals surface area contributed by atoms with Gasteiger partial charge in [-0.05, 0) is 30.0 Å². The molecule has 0 amide bonds. The highest BCUT2D eigenvalue weighted by Crippen LogP contribution is 2.40. The fourth-order valence-corrected chi connectivity index (χ4v) is 6.69. The van der Waals surface area contributed by atoms with E-state index in [1.165, 1.54) is 27.1 Å². The van der Waals surface area contributed by atoms with Crippen LogP contribution in [0.25, 0.3) is 20.7 Å². The number of ether oxygens (including phenoxy) is 1. The molecular weight excluding hydrogens is 462 g/mol. The highest BCUT2D eigenvalue weighted by molar-refractivity contribution is 7.18. The van der Waals surface area contributed by atoms with Crippen molar-refractivity contribution in [1.29, 1.82) is 0 Å². The van der Waals surface area contributed by atoms with Gasteiger partial charge in [-0.2, -0.15) is 0 Å². The van der Waals surface area contributed by atoms with E-state index in [1.807, 2.05) is 0 Å². The molecule has 0 saturated carbocycles. The molecule has 0 spiro atoms. The summed E-state index contributed by atoms with van der Waals surface area (Å²) in [6.45, 7) is 10.3. The molecular formula is C26H29N5OS2. The zero-order valence-corrected chi connectivity index (χ0v) is 21.1. The molecule has 176 valence electrons. The lowest BCUT2D eigenvalue weighted by Crippen LogP contribution is -2.47. The SMILES string of the molecule is Cc1ccccc1N1CCN(c2nc(CN3CCOCC3)nc3scc(-c4cccs4)c23)CC1. The van der Waals surface area contributed by atoms with Crippen LogP contribution in [-0.4, -0.2) is 67.4 Å². The van der Waals surface area contributed by atoms with Crippen LogP contribution in [0.3, 0.4) is 0 Å². The van der Waals surface area contributed by atoms with Crippen LogP contribution < -0.4 is 9.80 Å². The number of nitrogens with zero attached hydrogens (tertiary/aromatic N) is 5. The van der Waals surface area contributed by atoms with E-state index in [4.69, 9.17) is 14.7 Å². The van der Waals surface area contributed by atoms with Crippen molar-refractivity contribution in [2.24, 2.45) is 0 Å². The highest BCUT2D eigenvalue weighted by atomic mass is 32.1. The van der Waals surface area contributed by atoms with Gasteiger partial charge in [-0.15, -0.1) is 22.7 Å². The lowest BCUT2D eigenvalue weighted by molar-refractivity contribution is 0.0331. The molecule has 34 heavy (non-hydrogen) atoms. The smallest absolute Gasteiger partial charge is 0.146 e. The zero-order chi connectivity index (χ0) is 22.9. The summed E-state index contributed by atoms with van der Waals surface area (Å²) in [4.78, 5) is 20.0. The summed E-state index contributed by atoms with van der Waals surface area (Å²) in [7, 11) is 0. The lowest BCUT2D eigenvalue weighted by Gasteiger charge is -2.38. The van der Waals surface area contributed by atoms with Gasteiger partial charge in [0.25, 0.3) is 0 Å². The Kier molecular flexibility index (Phi) is 6.22. The first-order chi connectivity index (χ1) is 16.8. The van der Waals surface area contributed by atoms with Gasteiger partial charge in [-0.25, -0.2) is 9.97 Å². The summed E-state index contributed by atoms with van der Waals surface area (Å²) >= 11 is 3.53. The van der Waals surface area contributed by atoms with Crippen LogP contribution in [0.2, 0.25) is 0 Å². The van der Waals surface area contributed by atoms with E-state index in [0.29, 0.717) is 0 Å². The van der Waals surface area contributed by atoms with Crippen molar-refractivity contribution < 1.29 is 4.74 Å². The number of anilines is 2. The second-order valence-electron chi connectivity index (χ2n) is 8.92. The first-order valence-corrected chi connectivity index (χ1v) is 13.7. The van der Waals surface area contributed by atoms with Crippen LogP contribution >= 0.6 is 22.7 Å². The summed E-state index contributed by atoms with van der Waals surface area (Å²) in [6.07, 6.45) is 0. The summed E-state index contributed by atoms with van der Waals surface area (Å²) in [5, 5.41) is 5.62. The largest absolute Gasteiger partial charge is 0.379 e. The second kappa shape index (κ2) is 9.62. The van der Waals surface area contributed by atoms with Crippen molar-refractivity contribution >= 4 is 44.4 Å². The van der Waals surface area contributed by atoms with Crippen LogP contribution in [0.4, 0.5) is 11.5 Å². The number of rotatable bonds is 5.